The van der Waals surface area contributed by atoms with Gasteiger partial charge in [0, 0.05) is 15.8 Å². The van der Waals surface area contributed by atoms with Gasteiger partial charge < -0.3 is 0 Å². The summed E-state index contributed by atoms with van der Waals surface area (Å²) in [7, 11) is 0. The topological polar surface area (TPSA) is 17.1 Å². The second-order valence-corrected chi connectivity index (χ2v) is 5.53. The normalized spacial score (nSPS) is 10.1. The van der Waals surface area contributed by atoms with Gasteiger partial charge >= 0.3 is 0 Å². The molecule has 1 aromatic carbocycles. The number of rotatable bonds is 6. The number of thioether (sulfide) groups is 1. The predicted octanol–water partition coefficient (Wildman–Crippen LogP) is 4.47. The first-order valence-electron chi connectivity index (χ1n) is 5.18. The Hall–Kier alpha value is -0.540. The number of Topliss-reactive ketones (excluding diaryl/α,β-unsaturated/α-hetero) is 1. The van der Waals surface area contributed by atoms with Crippen molar-refractivity contribution in [1.82, 2.24) is 0 Å². The zero-order chi connectivity index (χ0) is 12.0. The Balaban J connectivity index is 2.40. The summed E-state index contributed by atoms with van der Waals surface area (Å²) in [6, 6.07) is 7.98. The lowest BCUT2D eigenvalue weighted by Crippen LogP contribution is -2.02. The van der Waals surface area contributed by atoms with Crippen molar-refractivity contribution in [2.45, 2.75) is 24.7 Å². The van der Waals surface area contributed by atoms with Gasteiger partial charge in [0.05, 0.1) is 5.75 Å². The molecular weight excluding hydrogens is 284 g/mol. The van der Waals surface area contributed by atoms with Crippen molar-refractivity contribution in [3.8, 4) is 0 Å². The Morgan fingerprint density at radius 1 is 1.50 bits per heavy atom. The summed E-state index contributed by atoms with van der Waals surface area (Å²) in [5, 5.41) is 0. The molecule has 0 saturated heterocycles. The highest BCUT2D eigenvalue weighted by Gasteiger charge is 2.04. The van der Waals surface area contributed by atoms with Crippen molar-refractivity contribution in [2.75, 3.05) is 5.75 Å². The number of carbonyl (C=O) groups excluding carboxylic acids is 1. The Bertz CT molecular complexity index is 387. The first-order valence-corrected chi connectivity index (χ1v) is 6.96. The molecule has 0 amide bonds. The maximum absolute atomic E-state index is 11.6. The molecule has 0 aromatic heterocycles. The minimum absolute atomic E-state index is 0.247. The van der Waals surface area contributed by atoms with E-state index in [1.54, 1.807) is 11.8 Å². The Morgan fingerprint density at radius 3 is 2.88 bits per heavy atom. The molecule has 0 aliphatic carbocycles. The highest BCUT2D eigenvalue weighted by atomic mass is 79.9. The fourth-order valence-corrected chi connectivity index (χ4v) is 2.54. The number of hydrogen-bond donors (Lipinski definition) is 0. The number of allylic oxidation sites excluding steroid dienone is 1. The molecular formula is C13H15BrOS. The standard InChI is InChI=1S/C13H15BrOS/c1-3-10(2)7-12(15)9-16-13-6-4-5-11(14)8-13/h4-6,8H,2-3,7,9H2,1H3. The zero-order valence-electron chi connectivity index (χ0n) is 9.33. The van der Waals surface area contributed by atoms with Crippen molar-refractivity contribution >= 4 is 33.5 Å². The molecule has 0 saturated carbocycles. The van der Waals surface area contributed by atoms with Crippen LogP contribution < -0.4 is 0 Å². The van der Waals surface area contributed by atoms with Gasteiger partial charge in [-0.05, 0) is 24.6 Å². The largest absolute Gasteiger partial charge is 0.298 e. The summed E-state index contributed by atoms with van der Waals surface area (Å²) in [5.41, 5.74) is 1.01. The summed E-state index contributed by atoms with van der Waals surface area (Å²) >= 11 is 4.98. The molecule has 0 atom stereocenters. The number of carbonyl (C=O) groups is 1. The van der Waals surface area contributed by atoms with Gasteiger partial charge in [0.25, 0.3) is 0 Å². The smallest absolute Gasteiger partial charge is 0.147 e. The summed E-state index contributed by atoms with van der Waals surface area (Å²) in [6.45, 7) is 5.87. The van der Waals surface area contributed by atoms with Crippen LogP contribution in [0.1, 0.15) is 19.8 Å². The molecule has 0 N–H and O–H groups in total. The lowest BCUT2D eigenvalue weighted by Gasteiger charge is -2.03. The fraction of sp³-hybridized carbons (Fsp3) is 0.308. The third-order valence-corrected chi connectivity index (χ3v) is 3.69. The Labute approximate surface area is 109 Å². The summed E-state index contributed by atoms with van der Waals surface area (Å²) in [5.74, 6) is 0.770. The van der Waals surface area contributed by atoms with Gasteiger partial charge in [0.15, 0.2) is 0 Å². The molecule has 0 unspecified atom stereocenters. The number of halogens is 1. The number of hydrogen-bond acceptors (Lipinski definition) is 2. The van der Waals surface area contributed by atoms with E-state index in [9.17, 15) is 4.79 Å². The van der Waals surface area contributed by atoms with E-state index in [2.05, 4.69) is 22.5 Å². The predicted molar refractivity (Wildman–Crippen MR) is 73.9 cm³/mol. The average Bonchev–Trinajstić information content (AvgIpc) is 2.26. The van der Waals surface area contributed by atoms with Crippen molar-refractivity contribution in [1.29, 1.82) is 0 Å². The van der Waals surface area contributed by atoms with E-state index in [0.29, 0.717) is 12.2 Å². The van der Waals surface area contributed by atoms with Crippen LogP contribution in [0.5, 0.6) is 0 Å². The molecule has 0 aliphatic heterocycles. The lowest BCUT2D eigenvalue weighted by molar-refractivity contribution is -0.116. The van der Waals surface area contributed by atoms with Gasteiger partial charge in [-0.1, -0.05) is 41.1 Å². The quantitative estimate of drug-likeness (QED) is 0.569. The van der Waals surface area contributed by atoms with Crippen LogP contribution in [0.3, 0.4) is 0 Å². The second kappa shape index (κ2) is 6.92. The average molecular weight is 299 g/mol. The monoisotopic (exact) mass is 298 g/mol. The molecule has 86 valence electrons. The van der Waals surface area contributed by atoms with E-state index in [0.717, 1.165) is 21.4 Å². The molecule has 0 fully saturated rings. The van der Waals surface area contributed by atoms with E-state index in [4.69, 9.17) is 0 Å². The second-order valence-electron chi connectivity index (χ2n) is 3.57. The van der Waals surface area contributed by atoms with Gasteiger partial charge in [-0.3, -0.25) is 4.79 Å². The van der Waals surface area contributed by atoms with E-state index in [1.807, 2.05) is 31.2 Å². The van der Waals surface area contributed by atoms with Crippen molar-refractivity contribution < 1.29 is 4.79 Å². The molecule has 1 aromatic rings. The molecule has 1 rings (SSSR count). The van der Waals surface area contributed by atoms with Crippen LogP contribution in [0.15, 0.2) is 45.8 Å². The molecule has 1 nitrogen and oxygen atoms in total. The maximum Gasteiger partial charge on any atom is 0.147 e. The third-order valence-electron chi connectivity index (χ3n) is 2.14. The number of benzene rings is 1. The molecule has 3 heteroatoms. The molecule has 0 aliphatic rings. The molecule has 0 bridgehead atoms. The van der Waals surface area contributed by atoms with Crippen LogP contribution in [0.25, 0.3) is 0 Å². The van der Waals surface area contributed by atoms with Crippen molar-refractivity contribution in [2.24, 2.45) is 0 Å². The molecule has 16 heavy (non-hydrogen) atoms. The van der Waals surface area contributed by atoms with E-state index in [-0.39, 0.29) is 5.78 Å². The highest BCUT2D eigenvalue weighted by Crippen LogP contribution is 2.22. The zero-order valence-corrected chi connectivity index (χ0v) is 11.7. The Morgan fingerprint density at radius 2 is 2.25 bits per heavy atom. The van der Waals surface area contributed by atoms with Crippen LogP contribution in [0, 0.1) is 0 Å². The SMILES string of the molecule is C=C(CC)CC(=O)CSc1cccc(Br)c1. The molecule has 0 radical (unpaired) electrons. The van der Waals surface area contributed by atoms with Gasteiger partial charge in [0.1, 0.15) is 5.78 Å². The molecule has 0 heterocycles. The van der Waals surface area contributed by atoms with Crippen LogP contribution in [-0.4, -0.2) is 11.5 Å². The summed E-state index contributed by atoms with van der Waals surface area (Å²) in [6.07, 6.45) is 1.39. The van der Waals surface area contributed by atoms with E-state index < -0.39 is 0 Å². The van der Waals surface area contributed by atoms with Crippen molar-refractivity contribution in [3.05, 3.63) is 40.9 Å². The van der Waals surface area contributed by atoms with Gasteiger partial charge in [-0.2, -0.15) is 0 Å². The van der Waals surface area contributed by atoms with Crippen molar-refractivity contribution in [3.63, 3.8) is 0 Å². The van der Waals surface area contributed by atoms with Crippen LogP contribution >= 0.6 is 27.7 Å². The van der Waals surface area contributed by atoms with Gasteiger partial charge in [-0.15, -0.1) is 11.8 Å². The fourth-order valence-electron chi connectivity index (χ4n) is 1.18. The van der Waals surface area contributed by atoms with Gasteiger partial charge in [-0.25, -0.2) is 0 Å². The first kappa shape index (κ1) is 13.5. The first-order chi connectivity index (χ1) is 7.61. The number of ketones is 1. The maximum atomic E-state index is 11.6. The Kier molecular flexibility index (Phi) is 5.85. The van der Waals surface area contributed by atoms with E-state index >= 15 is 0 Å². The van der Waals surface area contributed by atoms with Crippen LogP contribution in [0.2, 0.25) is 0 Å². The highest BCUT2D eigenvalue weighted by molar-refractivity contribution is 9.10. The van der Waals surface area contributed by atoms with Gasteiger partial charge in [0.2, 0.25) is 0 Å². The molecule has 0 spiro atoms. The summed E-state index contributed by atoms with van der Waals surface area (Å²) in [4.78, 5) is 12.7. The minimum atomic E-state index is 0.247. The summed E-state index contributed by atoms with van der Waals surface area (Å²) < 4.78 is 1.04. The van der Waals surface area contributed by atoms with E-state index in [1.165, 1.54) is 0 Å². The minimum Gasteiger partial charge on any atom is -0.298 e. The van der Waals surface area contributed by atoms with Crippen LogP contribution in [0.4, 0.5) is 0 Å². The van der Waals surface area contributed by atoms with Crippen LogP contribution in [-0.2, 0) is 4.79 Å². The lowest BCUT2D eigenvalue weighted by atomic mass is 10.1. The third kappa shape index (κ3) is 4.99.